The molecule has 0 atom stereocenters. The molecule has 28 heavy (non-hydrogen) atoms. The first-order chi connectivity index (χ1) is 13.8. The zero-order valence-corrected chi connectivity index (χ0v) is 16.4. The van der Waals surface area contributed by atoms with Crippen LogP contribution in [0.4, 0.5) is 0 Å². The summed E-state index contributed by atoms with van der Waals surface area (Å²) >= 11 is 1.61. The molecule has 2 aromatic heterocycles. The standard InChI is InChI=1S/C22H20N4OS/c1-15-19(23-21(27-15)17-8-4-2-5-9-17)14-28-22-24-20(16-12-13-16)26(25-22)18-10-6-3-7-11-18/h2-11,16H,12-14H2,1H3. The Bertz CT molecular complexity index is 1080. The Balaban J connectivity index is 1.37. The molecule has 1 aliphatic carbocycles. The molecule has 0 N–H and O–H groups in total. The maximum atomic E-state index is 5.87. The third kappa shape index (κ3) is 3.47. The molecule has 0 amide bonds. The van der Waals surface area contributed by atoms with Gasteiger partial charge in [0.25, 0.3) is 0 Å². The highest BCUT2D eigenvalue weighted by atomic mass is 32.2. The molecule has 6 heteroatoms. The van der Waals surface area contributed by atoms with Crippen molar-refractivity contribution in [2.45, 2.75) is 36.6 Å². The molecule has 5 nitrogen and oxygen atoms in total. The minimum atomic E-state index is 0.528. The average Bonchev–Trinajstić information content (AvgIpc) is 3.39. The third-order valence-electron chi connectivity index (χ3n) is 4.81. The SMILES string of the molecule is Cc1oc(-c2ccccc2)nc1CSc1nc(C2CC2)n(-c2ccccc2)n1. The van der Waals surface area contributed by atoms with E-state index in [2.05, 4.69) is 17.1 Å². The van der Waals surface area contributed by atoms with E-state index in [1.807, 2.05) is 60.1 Å². The van der Waals surface area contributed by atoms with Crippen molar-refractivity contribution in [1.29, 1.82) is 0 Å². The van der Waals surface area contributed by atoms with Crippen LogP contribution in [0, 0.1) is 6.92 Å². The van der Waals surface area contributed by atoms with Crippen LogP contribution in [0.3, 0.4) is 0 Å². The van der Waals surface area contributed by atoms with Crippen molar-refractivity contribution in [2.24, 2.45) is 0 Å². The van der Waals surface area contributed by atoms with Crippen molar-refractivity contribution < 1.29 is 4.42 Å². The van der Waals surface area contributed by atoms with E-state index < -0.39 is 0 Å². The van der Waals surface area contributed by atoms with Gasteiger partial charge in [-0.25, -0.2) is 14.6 Å². The number of aromatic nitrogens is 4. The van der Waals surface area contributed by atoms with Crippen molar-refractivity contribution >= 4 is 11.8 Å². The molecular weight excluding hydrogens is 368 g/mol. The van der Waals surface area contributed by atoms with Crippen molar-refractivity contribution in [3.63, 3.8) is 0 Å². The van der Waals surface area contributed by atoms with E-state index in [9.17, 15) is 0 Å². The molecule has 0 bridgehead atoms. The number of benzene rings is 2. The van der Waals surface area contributed by atoms with Gasteiger partial charge in [0.1, 0.15) is 11.6 Å². The fourth-order valence-electron chi connectivity index (χ4n) is 3.13. The Morgan fingerprint density at radius 1 is 1.00 bits per heavy atom. The van der Waals surface area contributed by atoms with Crippen LogP contribution in [-0.2, 0) is 5.75 Å². The third-order valence-corrected chi connectivity index (χ3v) is 5.66. The summed E-state index contributed by atoms with van der Waals surface area (Å²) in [5.41, 5.74) is 2.99. The summed E-state index contributed by atoms with van der Waals surface area (Å²) in [6.07, 6.45) is 2.39. The molecule has 140 valence electrons. The van der Waals surface area contributed by atoms with Gasteiger partial charge in [-0.2, -0.15) is 0 Å². The van der Waals surface area contributed by atoms with Crippen LogP contribution in [0.1, 0.15) is 36.0 Å². The first-order valence-corrected chi connectivity index (χ1v) is 10.4. The lowest BCUT2D eigenvalue weighted by Gasteiger charge is -2.03. The molecule has 0 aliphatic heterocycles. The Labute approximate surface area is 167 Å². The minimum absolute atomic E-state index is 0.528. The number of thioether (sulfide) groups is 1. The summed E-state index contributed by atoms with van der Waals surface area (Å²) < 4.78 is 7.86. The van der Waals surface area contributed by atoms with Gasteiger partial charge in [0.05, 0.1) is 11.4 Å². The van der Waals surface area contributed by atoms with Crippen LogP contribution in [0.2, 0.25) is 0 Å². The summed E-state index contributed by atoms with van der Waals surface area (Å²) in [4.78, 5) is 9.49. The zero-order chi connectivity index (χ0) is 18.9. The monoisotopic (exact) mass is 388 g/mol. The van der Waals surface area contributed by atoms with Crippen LogP contribution < -0.4 is 0 Å². The normalized spacial score (nSPS) is 13.8. The van der Waals surface area contributed by atoms with Gasteiger partial charge in [-0.15, -0.1) is 5.10 Å². The number of nitrogens with zero attached hydrogens (tertiary/aromatic N) is 4. The van der Waals surface area contributed by atoms with Crippen molar-refractivity contribution in [2.75, 3.05) is 0 Å². The maximum Gasteiger partial charge on any atom is 0.226 e. The molecule has 0 spiro atoms. The lowest BCUT2D eigenvalue weighted by atomic mass is 10.2. The van der Waals surface area contributed by atoms with E-state index in [4.69, 9.17) is 14.5 Å². The van der Waals surface area contributed by atoms with Gasteiger partial charge in [-0.1, -0.05) is 48.2 Å². The quantitative estimate of drug-likeness (QED) is 0.414. The lowest BCUT2D eigenvalue weighted by molar-refractivity contribution is 0.540. The van der Waals surface area contributed by atoms with E-state index in [0.29, 0.717) is 17.6 Å². The van der Waals surface area contributed by atoms with Crippen molar-refractivity contribution in [3.8, 4) is 17.1 Å². The number of aryl methyl sites for hydroxylation is 1. The fraction of sp³-hybridized carbons (Fsp3) is 0.227. The molecule has 5 rings (SSSR count). The van der Waals surface area contributed by atoms with Gasteiger partial charge in [-0.3, -0.25) is 0 Å². The van der Waals surface area contributed by atoms with E-state index in [1.54, 1.807) is 11.8 Å². The molecule has 1 aliphatic rings. The molecular formula is C22H20N4OS. The topological polar surface area (TPSA) is 56.7 Å². The smallest absolute Gasteiger partial charge is 0.226 e. The summed E-state index contributed by atoms with van der Waals surface area (Å²) in [5.74, 6) is 3.79. The number of hydrogen-bond acceptors (Lipinski definition) is 5. The van der Waals surface area contributed by atoms with Crippen LogP contribution in [0.25, 0.3) is 17.1 Å². The number of para-hydroxylation sites is 1. The van der Waals surface area contributed by atoms with Gasteiger partial charge in [0.2, 0.25) is 11.0 Å². The number of oxazole rings is 1. The summed E-state index contributed by atoms with van der Waals surface area (Å²) in [5, 5.41) is 5.55. The lowest BCUT2D eigenvalue weighted by Crippen LogP contribution is -2.01. The van der Waals surface area contributed by atoms with Crippen molar-refractivity contribution in [3.05, 3.63) is 77.9 Å². The Kier molecular flexibility index (Phi) is 4.49. The van der Waals surface area contributed by atoms with Crippen LogP contribution >= 0.6 is 11.8 Å². The Morgan fingerprint density at radius 2 is 1.71 bits per heavy atom. The Hall–Kier alpha value is -2.86. The van der Waals surface area contributed by atoms with E-state index >= 15 is 0 Å². The predicted octanol–water partition coefficient (Wildman–Crippen LogP) is 5.40. The van der Waals surface area contributed by atoms with E-state index in [0.717, 1.165) is 33.7 Å². The van der Waals surface area contributed by atoms with Crippen molar-refractivity contribution in [1.82, 2.24) is 19.7 Å². The number of hydrogen-bond donors (Lipinski definition) is 0. The van der Waals surface area contributed by atoms with Crippen LogP contribution in [0.5, 0.6) is 0 Å². The molecule has 0 saturated heterocycles. The maximum absolute atomic E-state index is 5.87. The zero-order valence-electron chi connectivity index (χ0n) is 15.6. The molecule has 1 saturated carbocycles. The summed E-state index contributed by atoms with van der Waals surface area (Å²) in [6, 6.07) is 20.2. The first kappa shape index (κ1) is 17.3. The van der Waals surface area contributed by atoms with Gasteiger partial charge < -0.3 is 4.42 Å². The average molecular weight is 388 g/mol. The highest BCUT2D eigenvalue weighted by Gasteiger charge is 2.30. The van der Waals surface area contributed by atoms with Crippen LogP contribution in [-0.4, -0.2) is 19.7 Å². The molecule has 0 unspecified atom stereocenters. The number of rotatable bonds is 6. The van der Waals surface area contributed by atoms with Gasteiger partial charge in [0, 0.05) is 17.2 Å². The molecule has 2 aromatic carbocycles. The van der Waals surface area contributed by atoms with Gasteiger partial charge in [-0.05, 0) is 44.0 Å². The predicted molar refractivity (Wildman–Crippen MR) is 110 cm³/mol. The highest BCUT2D eigenvalue weighted by molar-refractivity contribution is 7.98. The first-order valence-electron chi connectivity index (χ1n) is 9.45. The second-order valence-corrected chi connectivity index (χ2v) is 7.89. The van der Waals surface area contributed by atoms with E-state index in [-0.39, 0.29) is 0 Å². The Morgan fingerprint density at radius 3 is 2.43 bits per heavy atom. The van der Waals surface area contributed by atoms with Gasteiger partial charge in [0.15, 0.2) is 0 Å². The molecule has 2 heterocycles. The molecule has 4 aromatic rings. The molecule has 0 radical (unpaired) electrons. The van der Waals surface area contributed by atoms with Gasteiger partial charge >= 0.3 is 0 Å². The second-order valence-electron chi connectivity index (χ2n) is 6.95. The summed E-state index contributed by atoms with van der Waals surface area (Å²) in [7, 11) is 0. The van der Waals surface area contributed by atoms with E-state index in [1.165, 1.54) is 12.8 Å². The summed E-state index contributed by atoms with van der Waals surface area (Å²) in [6.45, 7) is 1.96. The highest BCUT2D eigenvalue weighted by Crippen LogP contribution is 2.40. The fourth-order valence-corrected chi connectivity index (χ4v) is 3.96. The second kappa shape index (κ2) is 7.28. The van der Waals surface area contributed by atoms with Crippen LogP contribution in [0.15, 0.2) is 70.2 Å². The molecule has 1 fully saturated rings. The largest absolute Gasteiger partial charge is 0.441 e. The minimum Gasteiger partial charge on any atom is -0.441 e.